The van der Waals surface area contributed by atoms with E-state index >= 15 is 0 Å². The van der Waals surface area contributed by atoms with Gasteiger partial charge in [-0.1, -0.05) is 47.7 Å². The number of ether oxygens (including phenoxy) is 1. The first-order chi connectivity index (χ1) is 12.4. The molecule has 1 heterocycles. The van der Waals surface area contributed by atoms with Crippen molar-refractivity contribution in [3.8, 4) is 5.75 Å². The van der Waals surface area contributed by atoms with Gasteiger partial charge in [0, 0.05) is 22.7 Å². The van der Waals surface area contributed by atoms with Crippen molar-refractivity contribution in [2.75, 3.05) is 0 Å². The number of nitrogens with one attached hydrogen (secondary N) is 1. The van der Waals surface area contributed by atoms with Gasteiger partial charge in [0.25, 0.3) is 11.6 Å². The van der Waals surface area contributed by atoms with Gasteiger partial charge in [0.05, 0.1) is 9.83 Å². The second kappa shape index (κ2) is 7.86. The molecule has 0 saturated carbocycles. The largest absolute Gasteiger partial charge is 0.488 e. The predicted octanol–water partition coefficient (Wildman–Crippen LogP) is 4.32. The third kappa shape index (κ3) is 4.40. The maximum Gasteiger partial charge on any atom is 0.270 e. The lowest BCUT2D eigenvalue weighted by atomic mass is 10.1. The molecule has 1 N–H and O–H groups in total. The molecule has 1 aliphatic heterocycles. The molecule has 1 aliphatic rings. The number of rotatable bonds is 5. The molecule has 1 saturated heterocycles. The zero-order chi connectivity index (χ0) is 18.7. The summed E-state index contributed by atoms with van der Waals surface area (Å²) in [6.45, 7) is 0.228. The summed E-state index contributed by atoms with van der Waals surface area (Å²) in [7, 11) is 0. The van der Waals surface area contributed by atoms with Gasteiger partial charge < -0.3 is 10.1 Å². The summed E-state index contributed by atoms with van der Waals surface area (Å²) in [4.78, 5) is 22.8. The minimum Gasteiger partial charge on any atom is -0.488 e. The molecule has 2 aromatic carbocycles. The van der Waals surface area contributed by atoms with E-state index in [0.29, 0.717) is 25.6 Å². The van der Waals surface area contributed by atoms with Crippen molar-refractivity contribution in [1.82, 2.24) is 5.32 Å². The van der Waals surface area contributed by atoms with Gasteiger partial charge in [-0.25, -0.2) is 0 Å². The highest BCUT2D eigenvalue weighted by Crippen LogP contribution is 2.32. The van der Waals surface area contributed by atoms with Crippen LogP contribution in [0.4, 0.5) is 5.69 Å². The first kappa shape index (κ1) is 18.4. The highest BCUT2D eigenvalue weighted by atomic mass is 35.5. The molecule has 2 aromatic rings. The third-order valence-corrected chi connectivity index (χ3v) is 4.81. The van der Waals surface area contributed by atoms with E-state index in [1.165, 1.54) is 24.3 Å². The average molecular weight is 407 g/mol. The Morgan fingerprint density at radius 3 is 2.77 bits per heavy atom. The summed E-state index contributed by atoms with van der Waals surface area (Å²) in [5.41, 5.74) is 1.17. The summed E-state index contributed by atoms with van der Waals surface area (Å²) in [6, 6.07) is 11.4. The Balaban J connectivity index is 1.91. The molecule has 0 bridgehead atoms. The quantitative estimate of drug-likeness (QED) is 0.345. The number of nitro benzene ring substituents is 1. The molecular formula is C17H11ClN2O4S2. The SMILES string of the molecule is O=C1NC(=S)S/C1=C\c1cc([N+](=O)[O-])ccc1OCc1cccc(Cl)c1. The van der Waals surface area contributed by atoms with E-state index in [1.54, 1.807) is 18.2 Å². The molecule has 1 amide bonds. The van der Waals surface area contributed by atoms with E-state index in [-0.39, 0.29) is 18.2 Å². The van der Waals surface area contributed by atoms with Gasteiger partial charge in [0.1, 0.15) is 16.7 Å². The van der Waals surface area contributed by atoms with Crippen molar-refractivity contribution < 1.29 is 14.5 Å². The summed E-state index contributed by atoms with van der Waals surface area (Å²) in [5, 5.41) is 14.2. The first-order valence-electron chi connectivity index (χ1n) is 7.33. The zero-order valence-electron chi connectivity index (χ0n) is 13.1. The number of nitro groups is 1. The van der Waals surface area contributed by atoms with Crippen LogP contribution in [0.15, 0.2) is 47.4 Å². The van der Waals surface area contributed by atoms with Gasteiger partial charge in [-0.2, -0.15) is 0 Å². The molecule has 1 fully saturated rings. The topological polar surface area (TPSA) is 81.5 Å². The van der Waals surface area contributed by atoms with Crippen LogP contribution >= 0.6 is 35.6 Å². The van der Waals surface area contributed by atoms with E-state index in [9.17, 15) is 14.9 Å². The molecule has 132 valence electrons. The van der Waals surface area contributed by atoms with Gasteiger partial charge >= 0.3 is 0 Å². The number of thiocarbonyl (C=S) groups is 1. The van der Waals surface area contributed by atoms with E-state index in [0.717, 1.165) is 17.3 Å². The van der Waals surface area contributed by atoms with Crippen LogP contribution in [0.5, 0.6) is 5.75 Å². The molecule has 0 aromatic heterocycles. The summed E-state index contributed by atoms with van der Waals surface area (Å²) < 4.78 is 6.13. The number of hydrogen-bond acceptors (Lipinski definition) is 6. The van der Waals surface area contributed by atoms with Crippen molar-refractivity contribution in [2.24, 2.45) is 0 Å². The van der Waals surface area contributed by atoms with Crippen LogP contribution in [0.2, 0.25) is 5.02 Å². The van der Waals surface area contributed by atoms with Crippen molar-refractivity contribution in [3.05, 3.63) is 73.6 Å². The molecule has 0 unspecified atom stereocenters. The lowest BCUT2D eigenvalue weighted by Crippen LogP contribution is -2.17. The number of non-ortho nitro benzene ring substituents is 1. The van der Waals surface area contributed by atoms with Crippen LogP contribution in [0, 0.1) is 10.1 Å². The van der Waals surface area contributed by atoms with Gasteiger partial charge in [0.2, 0.25) is 0 Å². The van der Waals surface area contributed by atoms with Crippen LogP contribution in [0.25, 0.3) is 6.08 Å². The van der Waals surface area contributed by atoms with Crippen molar-refractivity contribution in [2.45, 2.75) is 6.61 Å². The second-order valence-corrected chi connectivity index (χ2v) is 7.41. The fourth-order valence-electron chi connectivity index (χ4n) is 2.24. The van der Waals surface area contributed by atoms with E-state index in [2.05, 4.69) is 5.32 Å². The fourth-order valence-corrected chi connectivity index (χ4v) is 3.49. The number of amides is 1. The third-order valence-electron chi connectivity index (χ3n) is 3.42. The standard InChI is InChI=1S/C17H11ClN2O4S2/c18-12-3-1-2-10(6-12)9-24-14-5-4-13(20(22)23)7-11(14)8-15-16(21)19-17(25)26-15/h1-8H,9H2,(H,19,21,25)/b15-8-. The number of carbonyl (C=O) groups excluding carboxylic acids is 1. The number of carbonyl (C=O) groups is 1. The first-order valence-corrected chi connectivity index (χ1v) is 8.93. The Labute approximate surface area is 163 Å². The lowest BCUT2D eigenvalue weighted by Gasteiger charge is -2.10. The summed E-state index contributed by atoms with van der Waals surface area (Å²) in [5.74, 6) is 0.0709. The van der Waals surface area contributed by atoms with Gasteiger partial charge in [-0.15, -0.1) is 0 Å². The number of halogens is 1. The molecule has 26 heavy (non-hydrogen) atoms. The number of thioether (sulfide) groups is 1. The normalized spacial score (nSPS) is 15.2. The van der Waals surface area contributed by atoms with Crippen LogP contribution in [-0.2, 0) is 11.4 Å². The molecule has 0 atom stereocenters. The van der Waals surface area contributed by atoms with Crippen molar-refractivity contribution >= 4 is 57.6 Å². The number of benzene rings is 2. The maximum atomic E-state index is 11.9. The Bertz CT molecular complexity index is 946. The minimum absolute atomic E-state index is 0.0991. The highest BCUT2D eigenvalue weighted by molar-refractivity contribution is 8.26. The second-order valence-electron chi connectivity index (χ2n) is 5.25. The Morgan fingerprint density at radius 1 is 1.31 bits per heavy atom. The maximum absolute atomic E-state index is 11.9. The van der Waals surface area contributed by atoms with Gasteiger partial charge in [-0.05, 0) is 29.8 Å². The Hall–Kier alpha value is -2.42. The summed E-state index contributed by atoms with van der Waals surface area (Å²) in [6.07, 6.45) is 1.53. The Morgan fingerprint density at radius 2 is 2.12 bits per heavy atom. The van der Waals surface area contributed by atoms with E-state index < -0.39 is 4.92 Å². The smallest absolute Gasteiger partial charge is 0.270 e. The van der Waals surface area contributed by atoms with Crippen LogP contribution in [0.3, 0.4) is 0 Å². The van der Waals surface area contributed by atoms with Gasteiger partial charge in [0.15, 0.2) is 0 Å². The molecule has 0 spiro atoms. The molecular weight excluding hydrogens is 396 g/mol. The lowest BCUT2D eigenvalue weighted by molar-refractivity contribution is -0.384. The molecule has 0 radical (unpaired) electrons. The molecule has 3 rings (SSSR count). The number of nitrogens with zero attached hydrogens (tertiary/aromatic N) is 1. The van der Waals surface area contributed by atoms with E-state index in [4.69, 9.17) is 28.6 Å². The van der Waals surface area contributed by atoms with Crippen molar-refractivity contribution in [3.63, 3.8) is 0 Å². The highest BCUT2D eigenvalue weighted by Gasteiger charge is 2.23. The Kier molecular flexibility index (Phi) is 5.55. The predicted molar refractivity (Wildman–Crippen MR) is 105 cm³/mol. The van der Waals surface area contributed by atoms with Crippen LogP contribution < -0.4 is 10.1 Å². The molecule has 6 nitrogen and oxygen atoms in total. The molecule has 9 heteroatoms. The van der Waals surface area contributed by atoms with E-state index in [1.807, 2.05) is 6.07 Å². The zero-order valence-corrected chi connectivity index (χ0v) is 15.5. The minimum atomic E-state index is -0.505. The average Bonchev–Trinajstić information content (AvgIpc) is 2.91. The molecule has 0 aliphatic carbocycles. The van der Waals surface area contributed by atoms with Crippen LogP contribution in [0.1, 0.15) is 11.1 Å². The van der Waals surface area contributed by atoms with Crippen molar-refractivity contribution in [1.29, 1.82) is 0 Å². The number of hydrogen-bond donors (Lipinski definition) is 1. The van der Waals surface area contributed by atoms with Crippen LogP contribution in [-0.4, -0.2) is 15.2 Å². The van der Waals surface area contributed by atoms with Gasteiger partial charge in [-0.3, -0.25) is 14.9 Å². The monoisotopic (exact) mass is 406 g/mol. The fraction of sp³-hybridized carbons (Fsp3) is 0.0588. The summed E-state index contributed by atoms with van der Waals surface area (Å²) >= 11 is 12.0.